The fraction of sp³-hybridized carbons (Fsp3) is 0.381. The molecule has 2 aliphatic rings. The van der Waals surface area contributed by atoms with Crippen molar-refractivity contribution in [3.8, 4) is 23.3 Å². The van der Waals surface area contributed by atoms with E-state index in [1.807, 2.05) is 16.8 Å². The Hall–Kier alpha value is -2.82. The number of benzene rings is 1. The van der Waals surface area contributed by atoms with E-state index in [0.717, 1.165) is 62.0 Å². The van der Waals surface area contributed by atoms with E-state index in [4.69, 9.17) is 5.10 Å². The van der Waals surface area contributed by atoms with Crippen LogP contribution in [0.5, 0.6) is 0 Å². The van der Waals surface area contributed by atoms with Gasteiger partial charge in [-0.2, -0.15) is 10.4 Å². The molecule has 1 saturated heterocycles. The minimum atomic E-state index is 0. The van der Waals surface area contributed by atoms with Crippen LogP contribution >= 0.6 is 12.4 Å². The van der Waals surface area contributed by atoms with E-state index in [9.17, 15) is 5.26 Å². The Morgan fingerprint density at radius 2 is 1.93 bits per heavy atom. The van der Waals surface area contributed by atoms with E-state index in [2.05, 4.69) is 44.2 Å². The zero-order chi connectivity index (χ0) is 18.9. The summed E-state index contributed by atoms with van der Waals surface area (Å²) in [6.45, 7) is 4.83. The van der Waals surface area contributed by atoms with E-state index in [1.165, 1.54) is 18.5 Å². The fourth-order valence-electron chi connectivity index (χ4n) is 4.17. The van der Waals surface area contributed by atoms with Crippen molar-refractivity contribution in [2.24, 2.45) is 0 Å². The van der Waals surface area contributed by atoms with Gasteiger partial charge in [-0.05, 0) is 50.1 Å². The summed E-state index contributed by atoms with van der Waals surface area (Å²) in [6, 6.07) is 10.6. The average molecular weight is 410 g/mol. The Kier molecular flexibility index (Phi) is 5.56. The van der Waals surface area contributed by atoms with Crippen molar-refractivity contribution < 1.29 is 0 Å². The van der Waals surface area contributed by atoms with Gasteiger partial charge in [-0.15, -0.1) is 12.4 Å². The summed E-state index contributed by atoms with van der Waals surface area (Å²) in [5.74, 6) is 0.804. The van der Waals surface area contributed by atoms with Crippen molar-refractivity contribution in [3.05, 3.63) is 47.9 Å². The lowest BCUT2D eigenvalue weighted by Crippen LogP contribution is -2.18. The van der Waals surface area contributed by atoms with Crippen LogP contribution in [0.3, 0.4) is 0 Å². The number of rotatable bonds is 3. The van der Waals surface area contributed by atoms with Crippen molar-refractivity contribution in [1.29, 1.82) is 5.26 Å². The Morgan fingerprint density at radius 3 is 2.76 bits per heavy atom. The summed E-state index contributed by atoms with van der Waals surface area (Å²) in [5, 5.41) is 17.9. The summed E-state index contributed by atoms with van der Waals surface area (Å²) < 4.78 is 4.09. The number of anilines is 1. The van der Waals surface area contributed by atoms with Gasteiger partial charge in [0.05, 0.1) is 16.9 Å². The Morgan fingerprint density at radius 1 is 1.07 bits per heavy atom. The molecule has 150 valence electrons. The standard InChI is InChI=1S/C21H23N7.ClH/c22-14-16-12-17(4-5-20(16)26-8-1-2-9-26)27-11-7-24-21(27)19-13-18-15-23-6-3-10-28(18)25-19;/h4-5,7,11-13,23H,1-3,6,8-10,15H2;1H. The molecule has 3 aromatic rings. The van der Waals surface area contributed by atoms with Gasteiger partial charge in [0, 0.05) is 44.3 Å². The number of aryl methyl sites for hydroxylation is 1. The first-order valence-corrected chi connectivity index (χ1v) is 9.94. The van der Waals surface area contributed by atoms with Crippen molar-refractivity contribution in [3.63, 3.8) is 0 Å². The number of halogens is 1. The molecule has 0 unspecified atom stereocenters. The average Bonchev–Trinajstić information content (AvgIpc) is 3.46. The van der Waals surface area contributed by atoms with Crippen LogP contribution in [-0.2, 0) is 13.1 Å². The van der Waals surface area contributed by atoms with Gasteiger partial charge in [-0.1, -0.05) is 0 Å². The SMILES string of the molecule is Cl.N#Cc1cc(-n2ccnc2-c2cc3n(n2)CCCNC3)ccc1N1CCCC1. The second-order valence-corrected chi connectivity index (χ2v) is 7.40. The lowest BCUT2D eigenvalue weighted by atomic mass is 10.1. The molecule has 2 aromatic heterocycles. The molecular formula is C21H24ClN7. The minimum Gasteiger partial charge on any atom is -0.370 e. The summed E-state index contributed by atoms with van der Waals surface area (Å²) in [4.78, 5) is 6.86. The molecule has 8 heteroatoms. The van der Waals surface area contributed by atoms with Crippen LogP contribution in [-0.4, -0.2) is 39.0 Å². The predicted octanol–water partition coefficient (Wildman–Crippen LogP) is 3.12. The first-order chi connectivity index (χ1) is 13.8. The van der Waals surface area contributed by atoms with Crippen LogP contribution in [0.2, 0.25) is 0 Å². The summed E-state index contributed by atoms with van der Waals surface area (Å²) in [6.07, 6.45) is 7.19. The zero-order valence-corrected chi connectivity index (χ0v) is 17.0. The Balaban J connectivity index is 0.00000205. The van der Waals surface area contributed by atoms with Gasteiger partial charge in [0.25, 0.3) is 0 Å². The van der Waals surface area contributed by atoms with Gasteiger partial charge in [-0.25, -0.2) is 4.98 Å². The fourth-order valence-corrected chi connectivity index (χ4v) is 4.17. The van der Waals surface area contributed by atoms with Gasteiger partial charge in [0.15, 0.2) is 5.82 Å². The highest BCUT2D eigenvalue weighted by molar-refractivity contribution is 5.85. The topological polar surface area (TPSA) is 74.7 Å². The molecule has 0 bridgehead atoms. The van der Waals surface area contributed by atoms with Crippen LogP contribution in [0.4, 0.5) is 5.69 Å². The zero-order valence-electron chi connectivity index (χ0n) is 16.2. The monoisotopic (exact) mass is 409 g/mol. The molecule has 0 atom stereocenters. The predicted molar refractivity (Wildman–Crippen MR) is 115 cm³/mol. The van der Waals surface area contributed by atoms with Gasteiger partial charge in [0.1, 0.15) is 11.8 Å². The van der Waals surface area contributed by atoms with Crippen molar-refractivity contribution in [1.82, 2.24) is 24.6 Å². The second kappa shape index (κ2) is 8.27. The quantitative estimate of drug-likeness (QED) is 0.719. The van der Waals surface area contributed by atoms with Crippen molar-refractivity contribution in [2.45, 2.75) is 32.4 Å². The van der Waals surface area contributed by atoms with E-state index in [1.54, 1.807) is 6.20 Å². The van der Waals surface area contributed by atoms with Crippen LogP contribution in [0, 0.1) is 11.3 Å². The third-order valence-corrected chi connectivity index (χ3v) is 5.59. The van der Waals surface area contributed by atoms with Crippen LogP contribution in [0.15, 0.2) is 36.7 Å². The number of hydrogen-bond acceptors (Lipinski definition) is 5. The number of hydrogen-bond donors (Lipinski definition) is 1. The highest BCUT2D eigenvalue weighted by Gasteiger charge is 2.19. The highest BCUT2D eigenvalue weighted by Crippen LogP contribution is 2.28. The van der Waals surface area contributed by atoms with Crippen LogP contribution in [0.25, 0.3) is 17.2 Å². The van der Waals surface area contributed by atoms with E-state index < -0.39 is 0 Å². The van der Waals surface area contributed by atoms with E-state index in [-0.39, 0.29) is 12.4 Å². The smallest absolute Gasteiger partial charge is 0.165 e. The lowest BCUT2D eigenvalue weighted by Gasteiger charge is -2.19. The molecule has 1 aromatic carbocycles. The molecule has 4 heterocycles. The number of aromatic nitrogens is 4. The van der Waals surface area contributed by atoms with Crippen molar-refractivity contribution in [2.75, 3.05) is 24.5 Å². The lowest BCUT2D eigenvalue weighted by molar-refractivity contribution is 0.588. The first kappa shape index (κ1) is 19.5. The maximum absolute atomic E-state index is 9.70. The van der Waals surface area contributed by atoms with Gasteiger partial charge in [-0.3, -0.25) is 9.25 Å². The first-order valence-electron chi connectivity index (χ1n) is 9.94. The second-order valence-electron chi connectivity index (χ2n) is 7.40. The summed E-state index contributed by atoms with van der Waals surface area (Å²) in [7, 11) is 0. The molecule has 0 spiro atoms. The van der Waals surface area contributed by atoms with Crippen molar-refractivity contribution >= 4 is 18.1 Å². The van der Waals surface area contributed by atoms with Gasteiger partial charge >= 0.3 is 0 Å². The minimum absolute atomic E-state index is 0. The van der Waals surface area contributed by atoms with Crippen LogP contribution in [0.1, 0.15) is 30.5 Å². The van der Waals surface area contributed by atoms with E-state index in [0.29, 0.717) is 5.56 Å². The van der Waals surface area contributed by atoms with Gasteiger partial charge < -0.3 is 10.2 Å². The normalized spacial score (nSPS) is 16.0. The molecule has 0 aliphatic carbocycles. The molecule has 29 heavy (non-hydrogen) atoms. The molecule has 0 amide bonds. The third-order valence-electron chi connectivity index (χ3n) is 5.59. The highest BCUT2D eigenvalue weighted by atomic mass is 35.5. The number of imidazole rings is 1. The molecule has 0 saturated carbocycles. The Labute approximate surface area is 176 Å². The van der Waals surface area contributed by atoms with Crippen LogP contribution < -0.4 is 10.2 Å². The summed E-state index contributed by atoms with van der Waals surface area (Å²) >= 11 is 0. The molecule has 1 fully saturated rings. The molecule has 2 aliphatic heterocycles. The van der Waals surface area contributed by atoms with E-state index >= 15 is 0 Å². The number of nitrogens with one attached hydrogen (secondary N) is 1. The van der Waals surface area contributed by atoms with Gasteiger partial charge in [0.2, 0.25) is 0 Å². The Bertz CT molecular complexity index is 1020. The molecule has 7 nitrogen and oxygen atoms in total. The summed E-state index contributed by atoms with van der Waals surface area (Å²) in [5.41, 5.74) is 4.73. The molecular weight excluding hydrogens is 386 g/mol. The molecule has 1 N–H and O–H groups in total. The largest absolute Gasteiger partial charge is 0.370 e. The maximum atomic E-state index is 9.70. The number of nitriles is 1. The molecule has 5 rings (SSSR count). The maximum Gasteiger partial charge on any atom is 0.165 e. The number of nitrogens with zero attached hydrogens (tertiary/aromatic N) is 6. The molecule has 0 radical (unpaired) electrons. The number of fused-ring (bicyclic) bond motifs is 1. The third kappa shape index (κ3) is 3.61.